The second-order valence-electron chi connectivity index (χ2n) is 4.01. The lowest BCUT2D eigenvalue weighted by Crippen LogP contribution is -2.30. The van der Waals surface area contributed by atoms with Crippen LogP contribution < -0.4 is 0 Å². The smallest absolute Gasteiger partial charge is 0.320 e. The normalized spacial score (nSPS) is 10.5. The van der Waals surface area contributed by atoms with Gasteiger partial charge in [-0.3, -0.25) is 9.69 Å². The number of nitrogens with zero attached hydrogens (tertiary/aromatic N) is 1. The van der Waals surface area contributed by atoms with Gasteiger partial charge in [0, 0.05) is 13.1 Å². The first-order chi connectivity index (χ1) is 9.06. The minimum atomic E-state index is -0.464. The SMILES string of the molecule is C=CCN(CC(=O)OCC)Cc1ccc(Cl)c(F)c1. The lowest BCUT2D eigenvalue weighted by Gasteiger charge is -2.19. The van der Waals surface area contributed by atoms with E-state index in [9.17, 15) is 9.18 Å². The lowest BCUT2D eigenvalue weighted by atomic mass is 10.2. The van der Waals surface area contributed by atoms with E-state index in [4.69, 9.17) is 16.3 Å². The van der Waals surface area contributed by atoms with Gasteiger partial charge in [0.2, 0.25) is 0 Å². The van der Waals surface area contributed by atoms with Gasteiger partial charge in [-0.15, -0.1) is 6.58 Å². The number of hydrogen-bond acceptors (Lipinski definition) is 3. The molecule has 0 aliphatic heterocycles. The van der Waals surface area contributed by atoms with E-state index < -0.39 is 5.82 Å². The summed E-state index contributed by atoms with van der Waals surface area (Å²) in [5, 5.41) is 0.0874. The van der Waals surface area contributed by atoms with Crippen molar-refractivity contribution >= 4 is 17.6 Å². The van der Waals surface area contributed by atoms with Crippen LogP contribution in [0.2, 0.25) is 5.02 Å². The van der Waals surface area contributed by atoms with Gasteiger partial charge >= 0.3 is 5.97 Å². The summed E-state index contributed by atoms with van der Waals surface area (Å²) in [6.45, 7) is 6.83. The summed E-state index contributed by atoms with van der Waals surface area (Å²) in [6.07, 6.45) is 1.69. The van der Waals surface area contributed by atoms with E-state index in [2.05, 4.69) is 6.58 Å². The van der Waals surface area contributed by atoms with Gasteiger partial charge in [-0.05, 0) is 24.6 Å². The third-order valence-corrected chi connectivity index (χ3v) is 2.74. The maximum absolute atomic E-state index is 13.3. The quantitative estimate of drug-likeness (QED) is 0.570. The standard InChI is InChI=1S/C14H17ClFNO2/c1-3-7-17(10-14(18)19-4-2)9-11-5-6-12(15)13(16)8-11/h3,5-6,8H,1,4,7,9-10H2,2H3. The van der Waals surface area contributed by atoms with Crippen LogP contribution in [-0.2, 0) is 16.1 Å². The van der Waals surface area contributed by atoms with E-state index in [1.54, 1.807) is 19.1 Å². The largest absolute Gasteiger partial charge is 0.465 e. The van der Waals surface area contributed by atoms with Gasteiger partial charge in [-0.1, -0.05) is 23.7 Å². The lowest BCUT2D eigenvalue weighted by molar-refractivity contribution is -0.144. The van der Waals surface area contributed by atoms with Gasteiger partial charge in [0.15, 0.2) is 0 Å². The molecule has 0 aromatic heterocycles. The fourth-order valence-corrected chi connectivity index (χ4v) is 1.77. The fourth-order valence-electron chi connectivity index (χ4n) is 1.65. The molecule has 0 atom stereocenters. The molecule has 0 aliphatic carbocycles. The van der Waals surface area contributed by atoms with Crippen LogP contribution >= 0.6 is 11.6 Å². The van der Waals surface area contributed by atoms with E-state index in [1.807, 2.05) is 4.90 Å². The molecule has 104 valence electrons. The molecule has 1 rings (SSSR count). The highest BCUT2D eigenvalue weighted by atomic mass is 35.5. The summed E-state index contributed by atoms with van der Waals surface area (Å²) in [5.41, 5.74) is 0.744. The van der Waals surface area contributed by atoms with Crippen LogP contribution in [0.4, 0.5) is 4.39 Å². The number of halogens is 2. The molecule has 0 bridgehead atoms. The summed E-state index contributed by atoms with van der Waals surface area (Å²) >= 11 is 5.63. The van der Waals surface area contributed by atoms with Crippen molar-refractivity contribution in [3.63, 3.8) is 0 Å². The van der Waals surface area contributed by atoms with Gasteiger partial charge < -0.3 is 4.74 Å². The van der Waals surface area contributed by atoms with Crippen LogP contribution in [0.15, 0.2) is 30.9 Å². The van der Waals surface area contributed by atoms with Gasteiger partial charge in [0.05, 0.1) is 18.2 Å². The molecule has 3 nitrogen and oxygen atoms in total. The van der Waals surface area contributed by atoms with E-state index in [1.165, 1.54) is 12.1 Å². The summed E-state index contributed by atoms with van der Waals surface area (Å²) in [6, 6.07) is 4.60. The van der Waals surface area contributed by atoms with Crippen molar-refractivity contribution in [1.29, 1.82) is 0 Å². The topological polar surface area (TPSA) is 29.5 Å². The number of benzene rings is 1. The predicted octanol–water partition coefficient (Wildman–Crippen LogP) is 3.03. The summed E-state index contributed by atoms with van der Waals surface area (Å²) in [5.74, 6) is -0.771. The van der Waals surface area contributed by atoms with Crippen molar-refractivity contribution < 1.29 is 13.9 Å². The molecule has 0 amide bonds. The van der Waals surface area contributed by atoms with Crippen molar-refractivity contribution in [3.05, 3.63) is 47.3 Å². The Morgan fingerprint density at radius 2 is 2.32 bits per heavy atom. The maximum atomic E-state index is 13.3. The highest BCUT2D eigenvalue weighted by Crippen LogP contribution is 2.16. The Morgan fingerprint density at radius 3 is 2.89 bits per heavy atom. The molecule has 0 aliphatic rings. The monoisotopic (exact) mass is 285 g/mol. The minimum absolute atomic E-state index is 0.0874. The molecule has 0 saturated carbocycles. The molecule has 0 radical (unpaired) electrons. The zero-order valence-corrected chi connectivity index (χ0v) is 11.6. The highest BCUT2D eigenvalue weighted by Gasteiger charge is 2.11. The van der Waals surface area contributed by atoms with Gasteiger partial charge in [0.25, 0.3) is 0 Å². The van der Waals surface area contributed by atoms with Crippen LogP contribution in [0.3, 0.4) is 0 Å². The first-order valence-corrected chi connectivity index (χ1v) is 6.37. The molecule has 0 saturated heterocycles. The summed E-state index contributed by atoms with van der Waals surface area (Å²) in [7, 11) is 0. The fraction of sp³-hybridized carbons (Fsp3) is 0.357. The van der Waals surface area contributed by atoms with Crippen molar-refractivity contribution in [2.75, 3.05) is 19.7 Å². The Labute approximate surface area is 117 Å². The average Bonchev–Trinajstić information content (AvgIpc) is 2.34. The summed E-state index contributed by atoms with van der Waals surface area (Å²) < 4.78 is 18.2. The zero-order chi connectivity index (χ0) is 14.3. The Kier molecular flexibility index (Phi) is 6.53. The Balaban J connectivity index is 2.68. The number of ether oxygens (including phenoxy) is 1. The molecule has 1 aromatic rings. The Bertz CT molecular complexity index is 451. The van der Waals surface area contributed by atoms with Crippen LogP contribution in [0, 0.1) is 5.82 Å². The second-order valence-corrected chi connectivity index (χ2v) is 4.42. The molecular weight excluding hydrogens is 269 g/mol. The third-order valence-electron chi connectivity index (χ3n) is 2.44. The van der Waals surface area contributed by atoms with Gasteiger partial charge in [0.1, 0.15) is 5.82 Å². The van der Waals surface area contributed by atoms with Crippen LogP contribution in [-0.4, -0.2) is 30.6 Å². The molecule has 0 unspecified atom stereocenters. The number of rotatable bonds is 7. The van der Waals surface area contributed by atoms with Crippen molar-refractivity contribution in [2.45, 2.75) is 13.5 Å². The maximum Gasteiger partial charge on any atom is 0.320 e. The van der Waals surface area contributed by atoms with Gasteiger partial charge in [-0.25, -0.2) is 4.39 Å². The van der Waals surface area contributed by atoms with Crippen molar-refractivity contribution in [3.8, 4) is 0 Å². The van der Waals surface area contributed by atoms with E-state index in [0.29, 0.717) is 19.7 Å². The molecule has 0 N–H and O–H groups in total. The third kappa shape index (κ3) is 5.41. The molecule has 0 spiro atoms. The number of carbonyl (C=O) groups is 1. The molecule has 5 heteroatoms. The zero-order valence-electron chi connectivity index (χ0n) is 10.9. The van der Waals surface area contributed by atoms with Crippen molar-refractivity contribution in [1.82, 2.24) is 4.90 Å². The molecule has 0 fully saturated rings. The van der Waals surface area contributed by atoms with Gasteiger partial charge in [-0.2, -0.15) is 0 Å². The van der Waals surface area contributed by atoms with E-state index in [-0.39, 0.29) is 17.5 Å². The first-order valence-electron chi connectivity index (χ1n) is 5.99. The first kappa shape index (κ1) is 15.7. The van der Waals surface area contributed by atoms with E-state index in [0.717, 1.165) is 5.56 Å². The van der Waals surface area contributed by atoms with Crippen molar-refractivity contribution in [2.24, 2.45) is 0 Å². The average molecular weight is 286 g/mol. The van der Waals surface area contributed by atoms with Crippen LogP contribution in [0.5, 0.6) is 0 Å². The van der Waals surface area contributed by atoms with Crippen LogP contribution in [0.25, 0.3) is 0 Å². The number of esters is 1. The summed E-state index contributed by atoms with van der Waals surface area (Å²) in [4.78, 5) is 13.3. The highest BCUT2D eigenvalue weighted by molar-refractivity contribution is 6.30. The molecule has 1 aromatic carbocycles. The minimum Gasteiger partial charge on any atom is -0.465 e. The molecule has 0 heterocycles. The number of hydrogen-bond donors (Lipinski definition) is 0. The van der Waals surface area contributed by atoms with E-state index >= 15 is 0 Å². The second kappa shape index (κ2) is 7.92. The molecular formula is C14H17ClFNO2. The Hall–Kier alpha value is -1.39. The molecule has 19 heavy (non-hydrogen) atoms. The van der Waals surface area contributed by atoms with Crippen LogP contribution in [0.1, 0.15) is 12.5 Å². The predicted molar refractivity (Wildman–Crippen MR) is 73.5 cm³/mol. The number of carbonyl (C=O) groups excluding carboxylic acids is 1. The Morgan fingerprint density at radius 1 is 1.58 bits per heavy atom.